The van der Waals surface area contributed by atoms with Crippen molar-refractivity contribution < 1.29 is 9.53 Å². The summed E-state index contributed by atoms with van der Waals surface area (Å²) in [6, 6.07) is 8.04. The Morgan fingerprint density at radius 3 is 2.54 bits per heavy atom. The van der Waals surface area contributed by atoms with Crippen molar-refractivity contribution in [1.29, 1.82) is 0 Å². The normalized spacial score (nSPS) is 21.6. The first kappa shape index (κ1) is 16.6. The van der Waals surface area contributed by atoms with E-state index >= 15 is 0 Å². The van der Waals surface area contributed by atoms with Crippen LogP contribution in [0.15, 0.2) is 29.1 Å². The molecule has 6 nitrogen and oxygen atoms in total. The summed E-state index contributed by atoms with van der Waals surface area (Å²) in [5.74, 6) is 0. The molecule has 0 aliphatic heterocycles. The summed E-state index contributed by atoms with van der Waals surface area (Å²) in [6.07, 6.45) is 3.05. The van der Waals surface area contributed by atoms with Crippen molar-refractivity contribution in [2.75, 3.05) is 0 Å². The Balaban J connectivity index is 1.64. The summed E-state index contributed by atoms with van der Waals surface area (Å²) in [6.45, 7) is 5.56. The lowest BCUT2D eigenvalue weighted by Crippen LogP contribution is -2.41. The number of aromatic nitrogens is 2. The van der Waals surface area contributed by atoms with Crippen LogP contribution in [-0.4, -0.2) is 27.3 Å². The molecular formula is C18H25N3O3. The summed E-state index contributed by atoms with van der Waals surface area (Å²) < 4.78 is 7.17. The zero-order valence-electron chi connectivity index (χ0n) is 14.5. The Bertz CT molecular complexity index is 777. The lowest BCUT2D eigenvalue weighted by atomic mass is 9.91. The molecule has 1 heterocycles. The number of fused-ring (bicyclic) bond motifs is 1. The van der Waals surface area contributed by atoms with Crippen LogP contribution in [0.25, 0.3) is 11.0 Å². The fourth-order valence-corrected chi connectivity index (χ4v) is 3.39. The van der Waals surface area contributed by atoms with Crippen LogP contribution in [0.3, 0.4) is 0 Å². The van der Waals surface area contributed by atoms with Gasteiger partial charge in [0, 0.05) is 12.1 Å². The van der Waals surface area contributed by atoms with E-state index in [4.69, 9.17) is 4.74 Å². The summed E-state index contributed by atoms with van der Waals surface area (Å²) in [4.78, 5) is 27.1. The summed E-state index contributed by atoms with van der Waals surface area (Å²) in [5.41, 5.74) is 1.28. The van der Waals surface area contributed by atoms with E-state index in [2.05, 4.69) is 10.3 Å². The number of ether oxygens (including phenoxy) is 1. The van der Waals surface area contributed by atoms with Crippen molar-refractivity contribution in [1.82, 2.24) is 14.9 Å². The van der Waals surface area contributed by atoms with Gasteiger partial charge in [0.25, 0.3) is 0 Å². The number of carbonyl (C=O) groups is 1. The van der Waals surface area contributed by atoms with Crippen molar-refractivity contribution in [2.24, 2.45) is 0 Å². The van der Waals surface area contributed by atoms with E-state index in [0.717, 1.165) is 36.7 Å². The van der Waals surface area contributed by atoms with Gasteiger partial charge in [0.15, 0.2) is 0 Å². The number of H-pyrrole nitrogens is 1. The molecule has 1 aromatic heterocycles. The standard InChI is InChI=1S/C18H25N3O3/c1-18(2,3)24-17(23)19-12-8-10-13(11-9-12)21-15-7-5-4-6-14(15)20-16(21)22/h4-7,12-13H,8-11H2,1-3H3,(H,19,23)(H,20,22). The first-order valence-electron chi connectivity index (χ1n) is 8.52. The van der Waals surface area contributed by atoms with E-state index in [-0.39, 0.29) is 23.9 Å². The van der Waals surface area contributed by atoms with Gasteiger partial charge < -0.3 is 15.0 Å². The SMILES string of the molecule is CC(C)(C)OC(=O)NC1CCC(n2c(=O)[nH]c3ccccc32)CC1. The average molecular weight is 331 g/mol. The van der Waals surface area contributed by atoms with E-state index in [1.165, 1.54) is 0 Å². The maximum atomic E-state index is 12.3. The number of imidazole rings is 1. The Morgan fingerprint density at radius 1 is 1.21 bits per heavy atom. The third kappa shape index (κ3) is 3.63. The molecule has 1 amide bonds. The minimum atomic E-state index is -0.487. The molecule has 0 bridgehead atoms. The number of hydrogen-bond donors (Lipinski definition) is 2. The second-order valence-electron chi connectivity index (χ2n) is 7.47. The van der Waals surface area contributed by atoms with E-state index < -0.39 is 5.60 Å². The van der Waals surface area contributed by atoms with Crippen molar-refractivity contribution in [2.45, 2.75) is 64.1 Å². The predicted octanol–water partition coefficient (Wildman–Crippen LogP) is 3.34. The number of amides is 1. The molecule has 0 radical (unpaired) electrons. The van der Waals surface area contributed by atoms with Crippen molar-refractivity contribution in [3.8, 4) is 0 Å². The van der Waals surface area contributed by atoms with Crippen molar-refractivity contribution >= 4 is 17.1 Å². The van der Waals surface area contributed by atoms with Crippen LogP contribution in [0, 0.1) is 0 Å². The molecule has 3 rings (SSSR count). The molecule has 24 heavy (non-hydrogen) atoms. The molecule has 0 atom stereocenters. The Morgan fingerprint density at radius 2 is 1.88 bits per heavy atom. The van der Waals surface area contributed by atoms with Gasteiger partial charge in [-0.1, -0.05) is 12.1 Å². The van der Waals surface area contributed by atoms with Crippen molar-refractivity contribution in [3.05, 3.63) is 34.7 Å². The number of aromatic amines is 1. The molecule has 1 aromatic carbocycles. The quantitative estimate of drug-likeness (QED) is 0.886. The summed E-state index contributed by atoms with van der Waals surface area (Å²) >= 11 is 0. The molecule has 2 N–H and O–H groups in total. The van der Waals surface area contributed by atoms with Crippen LogP contribution < -0.4 is 11.0 Å². The fraction of sp³-hybridized carbons (Fsp3) is 0.556. The van der Waals surface area contributed by atoms with Gasteiger partial charge in [-0.25, -0.2) is 9.59 Å². The number of nitrogens with one attached hydrogen (secondary N) is 2. The van der Waals surface area contributed by atoms with Crippen LogP contribution in [0.1, 0.15) is 52.5 Å². The first-order valence-corrected chi connectivity index (χ1v) is 8.52. The molecule has 0 unspecified atom stereocenters. The highest BCUT2D eigenvalue weighted by molar-refractivity contribution is 5.75. The van der Waals surface area contributed by atoms with Gasteiger partial charge in [0.1, 0.15) is 5.60 Å². The maximum absolute atomic E-state index is 12.3. The predicted molar refractivity (Wildman–Crippen MR) is 93.2 cm³/mol. The minimum Gasteiger partial charge on any atom is -0.444 e. The van der Waals surface area contributed by atoms with Gasteiger partial charge in [-0.2, -0.15) is 0 Å². The van der Waals surface area contributed by atoms with E-state index in [1.807, 2.05) is 49.6 Å². The van der Waals surface area contributed by atoms with Crippen LogP contribution in [0.5, 0.6) is 0 Å². The molecule has 1 saturated carbocycles. The van der Waals surface area contributed by atoms with E-state index in [0.29, 0.717) is 0 Å². The van der Waals surface area contributed by atoms with Gasteiger partial charge in [-0.15, -0.1) is 0 Å². The van der Waals surface area contributed by atoms with Crippen molar-refractivity contribution in [3.63, 3.8) is 0 Å². The molecule has 1 aliphatic rings. The molecule has 0 saturated heterocycles. The van der Waals surface area contributed by atoms with Crippen LogP contribution >= 0.6 is 0 Å². The number of rotatable bonds is 2. The summed E-state index contributed by atoms with van der Waals surface area (Å²) in [7, 11) is 0. The molecule has 2 aromatic rings. The number of hydrogen-bond acceptors (Lipinski definition) is 3. The topological polar surface area (TPSA) is 76.1 Å². The van der Waals surface area contributed by atoms with Gasteiger partial charge in [-0.05, 0) is 58.6 Å². The lowest BCUT2D eigenvalue weighted by Gasteiger charge is -2.30. The third-order valence-corrected chi connectivity index (χ3v) is 4.41. The van der Waals surface area contributed by atoms with Gasteiger partial charge in [0.2, 0.25) is 0 Å². The largest absolute Gasteiger partial charge is 0.444 e. The first-order chi connectivity index (χ1) is 11.3. The molecule has 130 valence electrons. The molecule has 0 spiro atoms. The smallest absolute Gasteiger partial charge is 0.407 e. The average Bonchev–Trinajstić information content (AvgIpc) is 2.82. The highest BCUT2D eigenvalue weighted by Gasteiger charge is 2.27. The Labute approximate surface area is 141 Å². The van der Waals surface area contributed by atoms with Gasteiger partial charge in [-0.3, -0.25) is 4.57 Å². The second-order valence-corrected chi connectivity index (χ2v) is 7.47. The fourth-order valence-electron chi connectivity index (χ4n) is 3.39. The zero-order chi connectivity index (χ0) is 17.3. The van der Waals surface area contributed by atoms with Crippen LogP contribution in [0.4, 0.5) is 4.79 Å². The van der Waals surface area contributed by atoms with Crippen LogP contribution in [-0.2, 0) is 4.74 Å². The highest BCUT2D eigenvalue weighted by Crippen LogP contribution is 2.29. The zero-order valence-corrected chi connectivity index (χ0v) is 14.5. The number of alkyl carbamates (subject to hydrolysis) is 1. The minimum absolute atomic E-state index is 0.0558. The second kappa shape index (κ2) is 6.34. The molecule has 1 aliphatic carbocycles. The highest BCUT2D eigenvalue weighted by atomic mass is 16.6. The van der Waals surface area contributed by atoms with E-state index in [9.17, 15) is 9.59 Å². The third-order valence-electron chi connectivity index (χ3n) is 4.41. The molecule has 1 fully saturated rings. The van der Waals surface area contributed by atoms with Gasteiger partial charge in [0.05, 0.1) is 11.0 Å². The van der Waals surface area contributed by atoms with Gasteiger partial charge >= 0.3 is 11.8 Å². The number of carbonyl (C=O) groups excluding carboxylic acids is 1. The maximum Gasteiger partial charge on any atom is 0.407 e. The lowest BCUT2D eigenvalue weighted by molar-refractivity contribution is 0.0488. The van der Waals surface area contributed by atoms with Crippen LogP contribution in [0.2, 0.25) is 0 Å². The number of nitrogens with zero attached hydrogens (tertiary/aromatic N) is 1. The Hall–Kier alpha value is -2.24. The molecular weight excluding hydrogens is 306 g/mol. The number of benzene rings is 1. The molecule has 6 heteroatoms. The van der Waals surface area contributed by atoms with E-state index in [1.54, 1.807) is 0 Å². The monoisotopic (exact) mass is 331 g/mol. The Kier molecular flexibility index (Phi) is 4.39. The number of para-hydroxylation sites is 2. The summed E-state index contributed by atoms with van der Waals surface area (Å²) in [5, 5.41) is 2.94.